The zero-order valence-corrected chi connectivity index (χ0v) is 13.3. The molecule has 2 unspecified atom stereocenters. The lowest BCUT2D eigenvalue weighted by atomic mass is 9.77. The van der Waals surface area contributed by atoms with Crippen LogP contribution in [-0.2, 0) is 4.74 Å². The first kappa shape index (κ1) is 18.8. The van der Waals surface area contributed by atoms with E-state index in [4.69, 9.17) is 4.74 Å². The van der Waals surface area contributed by atoms with Gasteiger partial charge in [0.2, 0.25) is 0 Å². The molecule has 5 heteroatoms. The largest absolute Gasteiger partial charge is 0.411 e. The quantitative estimate of drug-likeness (QED) is 0.638. The molecule has 0 spiro atoms. The molecule has 0 heterocycles. The van der Waals surface area contributed by atoms with Gasteiger partial charge < -0.3 is 10.1 Å². The number of halogens is 3. The minimum absolute atomic E-state index is 0.224. The number of ether oxygens (including phenoxy) is 1. The van der Waals surface area contributed by atoms with Gasteiger partial charge >= 0.3 is 6.18 Å². The van der Waals surface area contributed by atoms with Crippen LogP contribution in [0, 0.1) is 17.8 Å². The molecule has 21 heavy (non-hydrogen) atoms. The average molecular weight is 309 g/mol. The number of rotatable bonds is 9. The summed E-state index contributed by atoms with van der Waals surface area (Å²) in [6.07, 6.45) is 2.54. The summed E-state index contributed by atoms with van der Waals surface area (Å²) in [5, 5.41) is 3.53. The molecule has 2 atom stereocenters. The molecule has 2 nitrogen and oxygen atoms in total. The van der Waals surface area contributed by atoms with Gasteiger partial charge in [-0.15, -0.1) is 0 Å². The third-order valence-corrected chi connectivity index (χ3v) is 4.15. The molecule has 1 fully saturated rings. The lowest BCUT2D eigenvalue weighted by Crippen LogP contribution is -2.32. The lowest BCUT2D eigenvalue weighted by Gasteiger charge is -2.32. The van der Waals surface area contributed by atoms with Gasteiger partial charge in [-0.1, -0.05) is 33.1 Å². The number of nitrogens with one attached hydrogen (secondary N) is 1. The molecule has 0 aliphatic heterocycles. The fourth-order valence-electron chi connectivity index (χ4n) is 3.13. The van der Waals surface area contributed by atoms with Crippen LogP contribution in [0.5, 0.6) is 0 Å². The summed E-state index contributed by atoms with van der Waals surface area (Å²) in [4.78, 5) is 0. The van der Waals surface area contributed by atoms with E-state index in [0.29, 0.717) is 17.8 Å². The maximum atomic E-state index is 12.0. The van der Waals surface area contributed by atoms with Gasteiger partial charge in [0.25, 0.3) is 0 Å². The van der Waals surface area contributed by atoms with Crippen molar-refractivity contribution in [3.63, 3.8) is 0 Å². The molecule has 1 rings (SSSR count). The molecular weight excluding hydrogens is 279 g/mol. The topological polar surface area (TPSA) is 21.3 Å². The minimum atomic E-state index is -4.20. The first-order valence-electron chi connectivity index (χ1n) is 8.23. The zero-order valence-electron chi connectivity index (χ0n) is 13.3. The van der Waals surface area contributed by atoms with Gasteiger partial charge in [0.05, 0.1) is 0 Å². The molecule has 0 aromatic carbocycles. The fourth-order valence-corrected chi connectivity index (χ4v) is 3.13. The molecule has 0 aromatic heterocycles. The molecular formula is C16H30F3NO. The molecule has 1 aliphatic rings. The Hall–Kier alpha value is -0.290. The molecule has 0 aromatic rings. The summed E-state index contributed by atoms with van der Waals surface area (Å²) >= 11 is 0. The Labute approximate surface area is 126 Å². The van der Waals surface area contributed by atoms with Gasteiger partial charge in [0, 0.05) is 6.61 Å². The van der Waals surface area contributed by atoms with E-state index in [1.165, 1.54) is 25.7 Å². The number of alkyl halides is 3. The van der Waals surface area contributed by atoms with Crippen molar-refractivity contribution in [1.82, 2.24) is 5.32 Å². The second-order valence-corrected chi connectivity index (χ2v) is 6.67. The van der Waals surface area contributed by atoms with E-state index in [0.717, 1.165) is 25.9 Å². The van der Waals surface area contributed by atoms with Gasteiger partial charge in [-0.3, -0.25) is 0 Å². The van der Waals surface area contributed by atoms with Gasteiger partial charge in [0.1, 0.15) is 6.61 Å². The standard InChI is InChI=1S/C16H30F3NO/c1-13(2)10-20-11-15-7-4-3-6-14(15)8-5-9-21-12-16(17,18)19/h13-15,20H,3-12H2,1-2H3. The van der Waals surface area contributed by atoms with E-state index in [-0.39, 0.29) is 6.61 Å². The van der Waals surface area contributed by atoms with Gasteiger partial charge in [-0.05, 0) is 50.1 Å². The molecule has 1 aliphatic carbocycles. The normalized spacial score (nSPS) is 23.7. The van der Waals surface area contributed by atoms with Crippen LogP contribution in [0.2, 0.25) is 0 Å². The molecule has 1 N–H and O–H groups in total. The van der Waals surface area contributed by atoms with E-state index in [1.54, 1.807) is 0 Å². The van der Waals surface area contributed by atoms with Crippen molar-refractivity contribution >= 4 is 0 Å². The van der Waals surface area contributed by atoms with Crippen molar-refractivity contribution in [2.24, 2.45) is 17.8 Å². The highest BCUT2D eigenvalue weighted by atomic mass is 19.4. The fraction of sp³-hybridized carbons (Fsp3) is 1.00. The van der Waals surface area contributed by atoms with Crippen molar-refractivity contribution in [3.05, 3.63) is 0 Å². The highest BCUT2D eigenvalue weighted by Crippen LogP contribution is 2.32. The van der Waals surface area contributed by atoms with Gasteiger partial charge in [-0.25, -0.2) is 0 Å². The van der Waals surface area contributed by atoms with Crippen LogP contribution in [0.25, 0.3) is 0 Å². The Morgan fingerprint density at radius 3 is 2.43 bits per heavy atom. The summed E-state index contributed by atoms with van der Waals surface area (Å²) in [6.45, 7) is 5.59. The smallest absolute Gasteiger partial charge is 0.372 e. The molecule has 126 valence electrons. The Kier molecular flexibility index (Phi) is 8.64. The third kappa shape index (κ3) is 9.35. The second kappa shape index (κ2) is 9.67. The highest BCUT2D eigenvalue weighted by Gasteiger charge is 2.28. The predicted octanol–water partition coefficient (Wildman–Crippen LogP) is 4.40. The first-order chi connectivity index (χ1) is 9.88. The van der Waals surface area contributed by atoms with Crippen LogP contribution in [0.4, 0.5) is 13.2 Å². The van der Waals surface area contributed by atoms with Gasteiger partial charge in [0.15, 0.2) is 0 Å². The van der Waals surface area contributed by atoms with Crippen LogP contribution in [0.1, 0.15) is 52.4 Å². The first-order valence-corrected chi connectivity index (χ1v) is 8.23. The molecule has 0 radical (unpaired) electrons. The van der Waals surface area contributed by atoms with Crippen molar-refractivity contribution in [3.8, 4) is 0 Å². The Bertz CT molecular complexity index is 269. The lowest BCUT2D eigenvalue weighted by molar-refractivity contribution is -0.174. The van der Waals surface area contributed by atoms with E-state index < -0.39 is 12.8 Å². The Morgan fingerprint density at radius 1 is 1.14 bits per heavy atom. The van der Waals surface area contributed by atoms with Crippen LogP contribution < -0.4 is 5.32 Å². The monoisotopic (exact) mass is 309 g/mol. The summed E-state index contributed by atoms with van der Waals surface area (Å²) < 4.78 is 40.6. The summed E-state index contributed by atoms with van der Waals surface area (Å²) in [5.74, 6) is 1.98. The summed E-state index contributed by atoms with van der Waals surface area (Å²) in [6, 6.07) is 0. The summed E-state index contributed by atoms with van der Waals surface area (Å²) in [7, 11) is 0. The molecule has 0 bridgehead atoms. The van der Waals surface area contributed by atoms with Crippen LogP contribution in [0.15, 0.2) is 0 Å². The van der Waals surface area contributed by atoms with E-state index in [2.05, 4.69) is 19.2 Å². The van der Waals surface area contributed by atoms with Crippen molar-refractivity contribution in [2.45, 2.75) is 58.5 Å². The van der Waals surface area contributed by atoms with E-state index >= 15 is 0 Å². The van der Waals surface area contributed by atoms with E-state index in [9.17, 15) is 13.2 Å². The van der Waals surface area contributed by atoms with E-state index in [1.807, 2.05) is 0 Å². The van der Waals surface area contributed by atoms with Crippen LogP contribution >= 0.6 is 0 Å². The number of hydrogen-bond acceptors (Lipinski definition) is 2. The zero-order chi connectivity index (χ0) is 15.7. The van der Waals surface area contributed by atoms with Crippen molar-refractivity contribution < 1.29 is 17.9 Å². The molecule has 1 saturated carbocycles. The predicted molar refractivity (Wildman–Crippen MR) is 79.3 cm³/mol. The Morgan fingerprint density at radius 2 is 1.81 bits per heavy atom. The second-order valence-electron chi connectivity index (χ2n) is 6.67. The minimum Gasteiger partial charge on any atom is -0.372 e. The average Bonchev–Trinajstić information content (AvgIpc) is 2.38. The van der Waals surface area contributed by atoms with Gasteiger partial charge in [-0.2, -0.15) is 13.2 Å². The maximum Gasteiger partial charge on any atom is 0.411 e. The molecule has 0 amide bonds. The molecule has 0 saturated heterocycles. The number of hydrogen-bond donors (Lipinski definition) is 1. The van der Waals surface area contributed by atoms with Crippen molar-refractivity contribution in [1.29, 1.82) is 0 Å². The van der Waals surface area contributed by atoms with Crippen LogP contribution in [-0.4, -0.2) is 32.5 Å². The SMILES string of the molecule is CC(C)CNCC1CCCCC1CCCOCC(F)(F)F. The van der Waals surface area contributed by atoms with Crippen LogP contribution in [0.3, 0.4) is 0 Å². The highest BCUT2D eigenvalue weighted by molar-refractivity contribution is 4.77. The Balaban J connectivity index is 2.17. The third-order valence-electron chi connectivity index (χ3n) is 4.15. The van der Waals surface area contributed by atoms with Crippen molar-refractivity contribution in [2.75, 3.05) is 26.3 Å². The maximum absolute atomic E-state index is 12.0. The summed E-state index contributed by atoms with van der Waals surface area (Å²) in [5.41, 5.74) is 0.